The molecule has 0 spiro atoms. The Balaban J connectivity index is 2.22. The molecule has 0 fully saturated rings. The van der Waals surface area contributed by atoms with E-state index in [2.05, 4.69) is 55.5 Å². The van der Waals surface area contributed by atoms with Crippen molar-refractivity contribution in [3.8, 4) is 0 Å². The van der Waals surface area contributed by atoms with Crippen molar-refractivity contribution in [2.24, 2.45) is 5.73 Å². The van der Waals surface area contributed by atoms with E-state index < -0.39 is 0 Å². The SMILES string of the molecule is CC1c2ccccc2CC(N)c2ccccc21. The summed E-state index contributed by atoms with van der Waals surface area (Å²) in [5, 5.41) is 0. The average molecular weight is 223 g/mol. The van der Waals surface area contributed by atoms with Crippen molar-refractivity contribution in [2.45, 2.75) is 25.3 Å². The van der Waals surface area contributed by atoms with Gasteiger partial charge >= 0.3 is 0 Å². The molecule has 1 aliphatic rings. The second kappa shape index (κ2) is 4.01. The summed E-state index contributed by atoms with van der Waals surface area (Å²) in [4.78, 5) is 0. The second-order valence-corrected chi connectivity index (χ2v) is 4.86. The Kier molecular flexibility index (Phi) is 2.49. The van der Waals surface area contributed by atoms with Crippen LogP contribution in [0, 0.1) is 0 Å². The maximum absolute atomic E-state index is 6.32. The van der Waals surface area contributed by atoms with Gasteiger partial charge in [-0.15, -0.1) is 0 Å². The van der Waals surface area contributed by atoms with Crippen molar-refractivity contribution in [3.63, 3.8) is 0 Å². The van der Waals surface area contributed by atoms with Crippen molar-refractivity contribution >= 4 is 0 Å². The Morgan fingerprint density at radius 3 is 2.24 bits per heavy atom. The van der Waals surface area contributed by atoms with Gasteiger partial charge in [0.25, 0.3) is 0 Å². The molecule has 0 radical (unpaired) electrons. The fraction of sp³-hybridized carbons (Fsp3) is 0.250. The van der Waals surface area contributed by atoms with Gasteiger partial charge in [-0.3, -0.25) is 0 Å². The van der Waals surface area contributed by atoms with Gasteiger partial charge in [0.05, 0.1) is 0 Å². The van der Waals surface area contributed by atoms with E-state index in [1.54, 1.807) is 0 Å². The minimum atomic E-state index is 0.122. The van der Waals surface area contributed by atoms with Crippen LogP contribution in [-0.2, 0) is 6.42 Å². The van der Waals surface area contributed by atoms with Gasteiger partial charge < -0.3 is 5.73 Å². The number of benzene rings is 2. The summed E-state index contributed by atoms with van der Waals surface area (Å²) in [6.45, 7) is 2.27. The summed E-state index contributed by atoms with van der Waals surface area (Å²) in [5.74, 6) is 0.441. The Labute approximate surface area is 102 Å². The zero-order valence-electron chi connectivity index (χ0n) is 10.1. The summed E-state index contributed by atoms with van der Waals surface area (Å²) < 4.78 is 0. The lowest BCUT2D eigenvalue weighted by molar-refractivity contribution is 0.723. The maximum Gasteiger partial charge on any atom is 0.0338 e. The molecule has 17 heavy (non-hydrogen) atoms. The van der Waals surface area contributed by atoms with Crippen LogP contribution in [0.15, 0.2) is 48.5 Å². The highest BCUT2D eigenvalue weighted by Crippen LogP contribution is 2.36. The maximum atomic E-state index is 6.32. The summed E-state index contributed by atoms with van der Waals surface area (Å²) in [6, 6.07) is 17.4. The summed E-state index contributed by atoms with van der Waals surface area (Å²) in [5.41, 5.74) is 11.8. The number of nitrogens with two attached hydrogens (primary N) is 1. The van der Waals surface area contributed by atoms with Gasteiger partial charge in [-0.25, -0.2) is 0 Å². The van der Waals surface area contributed by atoms with Crippen molar-refractivity contribution in [1.29, 1.82) is 0 Å². The van der Waals surface area contributed by atoms with Crippen LogP contribution in [-0.4, -0.2) is 0 Å². The molecular formula is C16H17N. The van der Waals surface area contributed by atoms with E-state index in [0.717, 1.165) is 6.42 Å². The Morgan fingerprint density at radius 2 is 1.47 bits per heavy atom. The first-order valence-electron chi connectivity index (χ1n) is 6.19. The van der Waals surface area contributed by atoms with Gasteiger partial charge in [-0.05, 0) is 28.7 Å². The number of hydrogen-bond donors (Lipinski definition) is 1. The van der Waals surface area contributed by atoms with Crippen LogP contribution in [0.4, 0.5) is 0 Å². The molecule has 0 aliphatic heterocycles. The molecule has 0 aromatic heterocycles. The van der Waals surface area contributed by atoms with Crippen LogP contribution in [0.2, 0.25) is 0 Å². The molecule has 2 atom stereocenters. The number of rotatable bonds is 0. The third kappa shape index (κ3) is 1.67. The molecule has 0 bridgehead atoms. The third-order valence-electron chi connectivity index (χ3n) is 3.82. The predicted molar refractivity (Wildman–Crippen MR) is 71.0 cm³/mol. The monoisotopic (exact) mass is 223 g/mol. The molecule has 3 rings (SSSR count). The Morgan fingerprint density at radius 1 is 0.882 bits per heavy atom. The summed E-state index contributed by atoms with van der Waals surface area (Å²) >= 11 is 0. The predicted octanol–water partition coefficient (Wildman–Crippen LogP) is 3.39. The quantitative estimate of drug-likeness (QED) is 0.728. The lowest BCUT2D eigenvalue weighted by Crippen LogP contribution is -2.13. The average Bonchev–Trinajstić information content (AvgIpc) is 2.48. The third-order valence-corrected chi connectivity index (χ3v) is 3.82. The Bertz CT molecular complexity index is 545. The second-order valence-electron chi connectivity index (χ2n) is 4.86. The fourth-order valence-electron chi connectivity index (χ4n) is 2.90. The molecule has 1 nitrogen and oxygen atoms in total. The van der Waals surface area contributed by atoms with Gasteiger partial charge in [0.2, 0.25) is 0 Å². The van der Waals surface area contributed by atoms with Crippen molar-refractivity contribution in [3.05, 3.63) is 70.8 Å². The molecule has 0 heterocycles. The van der Waals surface area contributed by atoms with E-state index in [0.29, 0.717) is 5.92 Å². The lowest BCUT2D eigenvalue weighted by atomic mass is 9.90. The van der Waals surface area contributed by atoms with Gasteiger partial charge in [-0.2, -0.15) is 0 Å². The standard InChI is InChI=1S/C16H17N/c1-11-13-7-3-2-6-12(13)10-16(17)15-9-5-4-8-14(11)15/h2-9,11,16H,10,17H2,1H3. The first kappa shape index (κ1) is 10.5. The Hall–Kier alpha value is -1.60. The van der Waals surface area contributed by atoms with E-state index >= 15 is 0 Å². The first-order valence-corrected chi connectivity index (χ1v) is 6.19. The molecule has 0 saturated carbocycles. The minimum Gasteiger partial charge on any atom is -0.324 e. The molecule has 2 N–H and O–H groups in total. The number of fused-ring (bicyclic) bond motifs is 2. The molecule has 1 aliphatic carbocycles. The largest absolute Gasteiger partial charge is 0.324 e. The highest BCUT2D eigenvalue weighted by atomic mass is 14.6. The zero-order valence-corrected chi connectivity index (χ0v) is 10.1. The van der Waals surface area contributed by atoms with Crippen LogP contribution in [0.25, 0.3) is 0 Å². The van der Waals surface area contributed by atoms with Crippen LogP contribution in [0.3, 0.4) is 0 Å². The van der Waals surface area contributed by atoms with Gasteiger partial charge in [-0.1, -0.05) is 55.5 Å². The zero-order chi connectivity index (χ0) is 11.8. The van der Waals surface area contributed by atoms with Gasteiger partial charge in [0.15, 0.2) is 0 Å². The molecule has 0 amide bonds. The van der Waals surface area contributed by atoms with Crippen LogP contribution in [0.5, 0.6) is 0 Å². The molecule has 2 aromatic carbocycles. The lowest BCUT2D eigenvalue weighted by Gasteiger charge is -2.15. The smallest absolute Gasteiger partial charge is 0.0338 e. The normalized spacial score (nSPS) is 22.5. The van der Waals surface area contributed by atoms with E-state index in [1.165, 1.54) is 22.3 Å². The topological polar surface area (TPSA) is 26.0 Å². The molecule has 0 saturated heterocycles. The van der Waals surface area contributed by atoms with E-state index in [-0.39, 0.29) is 6.04 Å². The van der Waals surface area contributed by atoms with Crippen molar-refractivity contribution in [1.82, 2.24) is 0 Å². The van der Waals surface area contributed by atoms with Crippen LogP contribution >= 0.6 is 0 Å². The highest BCUT2D eigenvalue weighted by molar-refractivity contribution is 5.45. The summed E-state index contributed by atoms with van der Waals surface area (Å²) in [6.07, 6.45) is 0.942. The summed E-state index contributed by atoms with van der Waals surface area (Å²) in [7, 11) is 0. The van der Waals surface area contributed by atoms with Crippen molar-refractivity contribution in [2.75, 3.05) is 0 Å². The van der Waals surface area contributed by atoms with E-state index in [4.69, 9.17) is 5.73 Å². The molecule has 2 unspecified atom stereocenters. The highest BCUT2D eigenvalue weighted by Gasteiger charge is 2.23. The van der Waals surface area contributed by atoms with Gasteiger partial charge in [0.1, 0.15) is 0 Å². The number of hydrogen-bond acceptors (Lipinski definition) is 1. The van der Waals surface area contributed by atoms with Crippen molar-refractivity contribution < 1.29 is 0 Å². The molecular weight excluding hydrogens is 206 g/mol. The molecule has 1 heteroatoms. The van der Waals surface area contributed by atoms with E-state index in [9.17, 15) is 0 Å². The van der Waals surface area contributed by atoms with Gasteiger partial charge in [0, 0.05) is 12.0 Å². The molecule has 86 valence electrons. The van der Waals surface area contributed by atoms with Crippen LogP contribution < -0.4 is 5.73 Å². The minimum absolute atomic E-state index is 0.122. The fourth-order valence-corrected chi connectivity index (χ4v) is 2.90. The van der Waals surface area contributed by atoms with E-state index in [1.807, 2.05) is 0 Å². The van der Waals surface area contributed by atoms with Crippen LogP contribution in [0.1, 0.15) is 41.1 Å². The first-order chi connectivity index (χ1) is 8.27. The molecule has 2 aromatic rings.